The van der Waals surface area contributed by atoms with Gasteiger partial charge in [-0.3, -0.25) is 0 Å². The molecule has 0 saturated carbocycles. The Bertz CT molecular complexity index is 458. The topological polar surface area (TPSA) is 3.24 Å². The highest BCUT2D eigenvalue weighted by atomic mass is 31.1. The van der Waals surface area contributed by atoms with E-state index in [0.29, 0.717) is 5.66 Å². The summed E-state index contributed by atoms with van der Waals surface area (Å²) in [6, 6.07) is 21.9. The average Bonchev–Trinajstić information content (AvgIpc) is 2.49. The van der Waals surface area contributed by atoms with Crippen LogP contribution < -0.4 is 10.6 Å². The highest BCUT2D eigenvalue weighted by molar-refractivity contribution is 7.73. The molecular formula is C18H24NP. The van der Waals surface area contributed by atoms with E-state index in [-0.39, 0.29) is 7.92 Å². The fraction of sp³-hybridized carbons (Fsp3) is 0.333. The van der Waals surface area contributed by atoms with Crippen molar-refractivity contribution in [3.8, 4) is 0 Å². The van der Waals surface area contributed by atoms with Crippen molar-refractivity contribution in [1.82, 2.24) is 4.90 Å². The summed E-state index contributed by atoms with van der Waals surface area (Å²) in [7, 11) is 1.92. The van der Waals surface area contributed by atoms with Crippen LogP contribution in [-0.4, -0.2) is 30.7 Å². The molecule has 0 amide bonds. The van der Waals surface area contributed by atoms with E-state index in [1.165, 1.54) is 10.6 Å². The van der Waals surface area contributed by atoms with Crippen molar-refractivity contribution in [3.05, 3.63) is 60.7 Å². The zero-order valence-corrected chi connectivity index (χ0v) is 13.6. The minimum atomic E-state index is -0.292. The maximum Gasteiger partial charge on any atom is 0.00493 e. The van der Waals surface area contributed by atoms with Gasteiger partial charge in [0.15, 0.2) is 0 Å². The van der Waals surface area contributed by atoms with Crippen molar-refractivity contribution >= 4 is 18.5 Å². The third kappa shape index (κ3) is 3.91. The zero-order valence-electron chi connectivity index (χ0n) is 12.7. The van der Waals surface area contributed by atoms with E-state index in [1.54, 1.807) is 0 Å². The summed E-state index contributed by atoms with van der Waals surface area (Å²) in [5.74, 6) is 0. The summed E-state index contributed by atoms with van der Waals surface area (Å²) in [5.41, 5.74) is 0.653. The van der Waals surface area contributed by atoms with Gasteiger partial charge in [-0.25, -0.2) is 0 Å². The Morgan fingerprint density at radius 3 is 1.75 bits per heavy atom. The molecule has 0 fully saturated rings. The van der Waals surface area contributed by atoms with Gasteiger partial charge >= 0.3 is 0 Å². The van der Waals surface area contributed by atoms with Crippen LogP contribution in [0.2, 0.25) is 0 Å². The fourth-order valence-corrected chi connectivity index (χ4v) is 5.24. The smallest absolute Gasteiger partial charge is 0.00493 e. The van der Waals surface area contributed by atoms with Gasteiger partial charge in [-0.2, -0.15) is 0 Å². The molecular weight excluding hydrogens is 261 g/mol. The molecule has 2 heteroatoms. The predicted octanol–water partition coefficient (Wildman–Crippen LogP) is 3.46. The second kappa shape index (κ2) is 7.57. The van der Waals surface area contributed by atoms with Crippen LogP contribution in [0.5, 0.6) is 0 Å². The molecule has 0 radical (unpaired) electrons. The molecule has 0 aromatic heterocycles. The van der Waals surface area contributed by atoms with Crippen LogP contribution in [0.15, 0.2) is 60.7 Å². The highest BCUT2D eigenvalue weighted by Gasteiger charge is 2.21. The lowest BCUT2D eigenvalue weighted by Gasteiger charge is -2.29. The van der Waals surface area contributed by atoms with Gasteiger partial charge in [0.2, 0.25) is 0 Å². The predicted molar refractivity (Wildman–Crippen MR) is 91.7 cm³/mol. The first kappa shape index (κ1) is 15.2. The van der Waals surface area contributed by atoms with Crippen LogP contribution in [0.25, 0.3) is 0 Å². The molecule has 0 bridgehead atoms. The summed E-state index contributed by atoms with van der Waals surface area (Å²) < 4.78 is 0. The van der Waals surface area contributed by atoms with E-state index in [0.717, 1.165) is 13.1 Å². The molecule has 0 aliphatic rings. The molecule has 2 rings (SSSR count). The summed E-state index contributed by atoms with van der Waals surface area (Å²) in [5, 5.41) is 2.96. The number of hydrogen-bond acceptors (Lipinski definition) is 1. The van der Waals surface area contributed by atoms with E-state index in [9.17, 15) is 0 Å². The van der Waals surface area contributed by atoms with Crippen LogP contribution in [0.4, 0.5) is 0 Å². The second-order valence-electron chi connectivity index (χ2n) is 5.24. The van der Waals surface area contributed by atoms with E-state index in [1.807, 2.05) is 0 Å². The molecule has 0 N–H and O–H groups in total. The second-order valence-corrected chi connectivity index (χ2v) is 7.90. The molecule has 0 saturated heterocycles. The largest absolute Gasteiger partial charge is 0.306 e. The van der Waals surface area contributed by atoms with E-state index < -0.39 is 0 Å². The van der Waals surface area contributed by atoms with Gasteiger partial charge in [-0.1, -0.05) is 74.5 Å². The van der Waals surface area contributed by atoms with Gasteiger partial charge in [0, 0.05) is 6.54 Å². The normalized spacial score (nSPS) is 12.8. The van der Waals surface area contributed by atoms with Crippen LogP contribution in [-0.2, 0) is 0 Å². The van der Waals surface area contributed by atoms with E-state index in [2.05, 4.69) is 86.5 Å². The van der Waals surface area contributed by atoms with E-state index >= 15 is 0 Å². The number of rotatable bonds is 6. The van der Waals surface area contributed by atoms with Crippen molar-refractivity contribution in [2.24, 2.45) is 0 Å². The first-order valence-electron chi connectivity index (χ1n) is 7.30. The Balaban J connectivity index is 2.30. The van der Waals surface area contributed by atoms with Crippen molar-refractivity contribution in [1.29, 1.82) is 0 Å². The quantitative estimate of drug-likeness (QED) is 0.735. The number of hydrogen-bond donors (Lipinski definition) is 0. The monoisotopic (exact) mass is 285 g/mol. The SMILES string of the molecule is CCN(C)CC(C)P(c1ccccc1)c1ccccc1. The molecule has 0 spiro atoms. The zero-order chi connectivity index (χ0) is 14.4. The van der Waals surface area contributed by atoms with Gasteiger partial charge < -0.3 is 4.90 Å². The van der Waals surface area contributed by atoms with Crippen LogP contribution in [0, 0.1) is 0 Å². The lowest BCUT2D eigenvalue weighted by molar-refractivity contribution is 0.357. The molecule has 2 aromatic carbocycles. The van der Waals surface area contributed by atoms with Crippen molar-refractivity contribution < 1.29 is 0 Å². The molecule has 106 valence electrons. The first-order valence-corrected chi connectivity index (χ1v) is 8.71. The van der Waals surface area contributed by atoms with Crippen LogP contribution in [0.1, 0.15) is 13.8 Å². The number of benzene rings is 2. The van der Waals surface area contributed by atoms with Crippen molar-refractivity contribution in [2.45, 2.75) is 19.5 Å². The third-order valence-electron chi connectivity index (χ3n) is 3.63. The Kier molecular flexibility index (Phi) is 5.76. The minimum Gasteiger partial charge on any atom is -0.306 e. The van der Waals surface area contributed by atoms with Gasteiger partial charge in [0.25, 0.3) is 0 Å². The van der Waals surface area contributed by atoms with Gasteiger partial charge in [-0.05, 0) is 37.8 Å². The molecule has 0 aliphatic heterocycles. The number of nitrogens with zero attached hydrogens (tertiary/aromatic N) is 1. The molecule has 0 aliphatic carbocycles. The molecule has 20 heavy (non-hydrogen) atoms. The summed E-state index contributed by atoms with van der Waals surface area (Å²) in [6.07, 6.45) is 0. The minimum absolute atomic E-state index is 0.292. The lowest BCUT2D eigenvalue weighted by Crippen LogP contribution is -2.31. The molecule has 1 atom stereocenters. The van der Waals surface area contributed by atoms with Crippen LogP contribution in [0.3, 0.4) is 0 Å². The van der Waals surface area contributed by atoms with Crippen LogP contribution >= 0.6 is 7.92 Å². The molecule has 0 heterocycles. The maximum atomic E-state index is 2.41. The van der Waals surface area contributed by atoms with Crippen molar-refractivity contribution in [2.75, 3.05) is 20.1 Å². The Hall–Kier alpha value is -1.17. The van der Waals surface area contributed by atoms with Gasteiger partial charge in [-0.15, -0.1) is 0 Å². The van der Waals surface area contributed by atoms with Gasteiger partial charge in [0.05, 0.1) is 0 Å². The lowest BCUT2D eigenvalue weighted by atomic mass is 10.4. The van der Waals surface area contributed by atoms with Gasteiger partial charge in [0.1, 0.15) is 0 Å². The molecule has 1 nitrogen and oxygen atoms in total. The highest BCUT2D eigenvalue weighted by Crippen LogP contribution is 2.39. The fourth-order valence-electron chi connectivity index (χ4n) is 2.50. The Labute approximate surface area is 124 Å². The van der Waals surface area contributed by atoms with Crippen molar-refractivity contribution in [3.63, 3.8) is 0 Å². The maximum absolute atomic E-state index is 2.41. The average molecular weight is 285 g/mol. The van der Waals surface area contributed by atoms with E-state index in [4.69, 9.17) is 0 Å². The molecule has 1 unspecified atom stereocenters. The molecule has 2 aromatic rings. The third-order valence-corrected chi connectivity index (χ3v) is 6.38. The summed E-state index contributed by atoms with van der Waals surface area (Å²) in [4.78, 5) is 2.41. The first-order chi connectivity index (χ1) is 9.72. The Morgan fingerprint density at radius 2 is 1.35 bits per heavy atom. The standard InChI is InChI=1S/C18H24NP/c1-4-19(3)15-16(2)20(17-11-7-5-8-12-17)18-13-9-6-10-14-18/h5-14,16H,4,15H2,1-3H3. The summed E-state index contributed by atoms with van der Waals surface area (Å²) in [6.45, 7) is 6.86. The Morgan fingerprint density at radius 1 is 0.900 bits per heavy atom. The summed E-state index contributed by atoms with van der Waals surface area (Å²) >= 11 is 0.